The Kier molecular flexibility index (Phi) is 2.97. The maximum Gasteiger partial charge on any atom is 0.416 e. The van der Waals surface area contributed by atoms with Gasteiger partial charge in [0.15, 0.2) is 5.13 Å². The van der Waals surface area contributed by atoms with Crippen molar-refractivity contribution < 1.29 is 13.2 Å². The Bertz CT molecular complexity index is 578. The van der Waals surface area contributed by atoms with Gasteiger partial charge in [-0.25, -0.2) is 4.98 Å². The van der Waals surface area contributed by atoms with Crippen LogP contribution in [0.5, 0.6) is 0 Å². The SMILES string of the molecule is FC(F)(F)c1ccc2c(c1)CC[C@H]2Nc1nccs1. The Morgan fingerprint density at radius 1 is 1.32 bits per heavy atom. The van der Waals surface area contributed by atoms with Crippen molar-refractivity contribution in [2.45, 2.75) is 25.1 Å². The summed E-state index contributed by atoms with van der Waals surface area (Å²) >= 11 is 1.49. The molecule has 0 unspecified atom stereocenters. The van der Waals surface area contributed by atoms with E-state index < -0.39 is 11.7 Å². The van der Waals surface area contributed by atoms with Gasteiger partial charge in [0.2, 0.25) is 0 Å². The molecule has 1 aliphatic carbocycles. The second-order valence-corrected chi connectivity index (χ2v) is 5.38. The first-order valence-electron chi connectivity index (χ1n) is 5.90. The van der Waals surface area contributed by atoms with Crippen LogP contribution in [-0.2, 0) is 12.6 Å². The summed E-state index contributed by atoms with van der Waals surface area (Å²) in [5.41, 5.74) is 1.16. The number of benzene rings is 1. The molecule has 100 valence electrons. The number of hydrogen-bond donors (Lipinski definition) is 1. The molecule has 3 rings (SSSR count). The predicted octanol–water partition coefficient (Wildman–Crippen LogP) is 4.26. The Labute approximate surface area is 112 Å². The summed E-state index contributed by atoms with van der Waals surface area (Å²) in [4.78, 5) is 4.14. The number of alkyl halides is 3. The summed E-state index contributed by atoms with van der Waals surface area (Å²) in [5, 5.41) is 5.93. The van der Waals surface area contributed by atoms with E-state index in [0.29, 0.717) is 6.42 Å². The molecule has 0 saturated heterocycles. The minimum absolute atomic E-state index is 0.0587. The third kappa shape index (κ3) is 2.45. The fraction of sp³-hybridized carbons (Fsp3) is 0.308. The van der Waals surface area contributed by atoms with Gasteiger partial charge in [-0.1, -0.05) is 6.07 Å². The molecule has 0 radical (unpaired) electrons. The summed E-state index contributed by atoms with van der Waals surface area (Å²) in [6, 6.07) is 4.05. The second-order valence-electron chi connectivity index (χ2n) is 4.48. The fourth-order valence-electron chi connectivity index (χ4n) is 2.39. The average molecular weight is 284 g/mol. The van der Waals surface area contributed by atoms with Crippen LogP contribution in [0.2, 0.25) is 0 Å². The van der Waals surface area contributed by atoms with Crippen LogP contribution in [0.25, 0.3) is 0 Å². The highest BCUT2D eigenvalue weighted by Gasteiger charge is 2.32. The molecule has 1 heterocycles. The van der Waals surface area contributed by atoms with Gasteiger partial charge < -0.3 is 5.32 Å². The van der Waals surface area contributed by atoms with Gasteiger partial charge in [0.1, 0.15) is 0 Å². The highest BCUT2D eigenvalue weighted by atomic mass is 32.1. The Morgan fingerprint density at radius 2 is 2.16 bits per heavy atom. The average Bonchev–Trinajstić information content (AvgIpc) is 2.98. The largest absolute Gasteiger partial charge is 0.416 e. The van der Waals surface area contributed by atoms with E-state index in [0.717, 1.165) is 28.7 Å². The van der Waals surface area contributed by atoms with Crippen LogP contribution in [-0.4, -0.2) is 4.98 Å². The maximum absolute atomic E-state index is 12.6. The normalized spacial score (nSPS) is 18.4. The van der Waals surface area contributed by atoms with Crippen molar-refractivity contribution in [3.8, 4) is 0 Å². The topological polar surface area (TPSA) is 24.9 Å². The summed E-state index contributed by atoms with van der Waals surface area (Å²) < 4.78 is 37.9. The number of aryl methyl sites for hydroxylation is 1. The van der Waals surface area contributed by atoms with Gasteiger partial charge in [0, 0.05) is 11.6 Å². The maximum atomic E-state index is 12.6. The molecular formula is C13H11F3N2S. The molecule has 1 aromatic heterocycles. The first-order valence-corrected chi connectivity index (χ1v) is 6.78. The van der Waals surface area contributed by atoms with E-state index in [1.54, 1.807) is 12.3 Å². The molecule has 0 amide bonds. The molecule has 2 nitrogen and oxygen atoms in total. The van der Waals surface area contributed by atoms with Crippen molar-refractivity contribution in [2.75, 3.05) is 5.32 Å². The zero-order valence-electron chi connectivity index (χ0n) is 9.87. The van der Waals surface area contributed by atoms with Crippen LogP contribution in [0, 0.1) is 0 Å². The number of halogens is 3. The van der Waals surface area contributed by atoms with E-state index in [-0.39, 0.29) is 6.04 Å². The van der Waals surface area contributed by atoms with Crippen LogP contribution >= 0.6 is 11.3 Å². The molecule has 0 saturated carbocycles. The van der Waals surface area contributed by atoms with E-state index in [9.17, 15) is 13.2 Å². The van der Waals surface area contributed by atoms with Crippen LogP contribution in [0.4, 0.5) is 18.3 Å². The van der Waals surface area contributed by atoms with Gasteiger partial charge in [-0.05, 0) is 36.1 Å². The van der Waals surface area contributed by atoms with Gasteiger partial charge in [0.05, 0.1) is 11.6 Å². The number of hydrogen-bond acceptors (Lipinski definition) is 3. The molecule has 0 bridgehead atoms. The van der Waals surface area contributed by atoms with Crippen LogP contribution in [0.15, 0.2) is 29.8 Å². The lowest BCUT2D eigenvalue weighted by atomic mass is 10.0. The number of fused-ring (bicyclic) bond motifs is 1. The van der Waals surface area contributed by atoms with Gasteiger partial charge in [-0.3, -0.25) is 0 Å². The Morgan fingerprint density at radius 3 is 2.84 bits per heavy atom. The van der Waals surface area contributed by atoms with Crippen LogP contribution in [0.1, 0.15) is 29.2 Å². The van der Waals surface area contributed by atoms with E-state index in [4.69, 9.17) is 0 Å². The van der Waals surface area contributed by atoms with Crippen molar-refractivity contribution in [1.82, 2.24) is 4.98 Å². The van der Waals surface area contributed by atoms with Crippen molar-refractivity contribution >= 4 is 16.5 Å². The van der Waals surface area contributed by atoms with Crippen LogP contribution < -0.4 is 5.32 Å². The molecule has 1 atom stereocenters. The molecule has 19 heavy (non-hydrogen) atoms. The van der Waals surface area contributed by atoms with Crippen molar-refractivity contribution in [2.24, 2.45) is 0 Å². The van der Waals surface area contributed by atoms with Crippen LogP contribution in [0.3, 0.4) is 0 Å². The smallest absolute Gasteiger partial charge is 0.355 e. The summed E-state index contributed by atoms with van der Waals surface area (Å²) in [5.74, 6) is 0. The van der Waals surface area contributed by atoms with Crippen molar-refractivity contribution in [3.05, 3.63) is 46.5 Å². The fourth-order valence-corrected chi connectivity index (χ4v) is 2.97. The zero-order valence-corrected chi connectivity index (χ0v) is 10.7. The zero-order chi connectivity index (χ0) is 13.5. The number of thiazole rings is 1. The summed E-state index contributed by atoms with van der Waals surface area (Å²) in [6.07, 6.45) is -1.09. The van der Waals surface area contributed by atoms with E-state index in [2.05, 4.69) is 10.3 Å². The summed E-state index contributed by atoms with van der Waals surface area (Å²) in [6.45, 7) is 0. The van der Waals surface area contributed by atoms with Gasteiger partial charge in [-0.15, -0.1) is 11.3 Å². The van der Waals surface area contributed by atoms with E-state index in [1.165, 1.54) is 17.4 Å². The van der Waals surface area contributed by atoms with Gasteiger partial charge >= 0.3 is 6.18 Å². The molecule has 0 aliphatic heterocycles. The van der Waals surface area contributed by atoms with E-state index >= 15 is 0 Å². The monoisotopic (exact) mass is 284 g/mol. The lowest BCUT2D eigenvalue weighted by molar-refractivity contribution is -0.137. The van der Waals surface area contributed by atoms with Crippen molar-refractivity contribution in [3.63, 3.8) is 0 Å². The molecule has 1 aliphatic rings. The predicted molar refractivity (Wildman–Crippen MR) is 68.2 cm³/mol. The molecule has 0 spiro atoms. The minimum atomic E-state index is -4.27. The molecule has 6 heteroatoms. The third-order valence-corrected chi connectivity index (χ3v) is 3.98. The van der Waals surface area contributed by atoms with Gasteiger partial charge in [-0.2, -0.15) is 13.2 Å². The lowest BCUT2D eigenvalue weighted by Gasteiger charge is -2.14. The van der Waals surface area contributed by atoms with E-state index in [1.807, 2.05) is 5.38 Å². The number of nitrogens with one attached hydrogen (secondary N) is 1. The second kappa shape index (κ2) is 4.52. The molecule has 1 aromatic carbocycles. The standard InChI is InChI=1S/C13H11F3N2S/c14-13(15,16)9-2-3-10-8(7-9)1-4-11(10)18-12-17-5-6-19-12/h2-3,5-7,11H,1,4H2,(H,17,18)/t11-/m1/s1. The number of nitrogens with zero attached hydrogens (tertiary/aromatic N) is 1. The molecule has 2 aromatic rings. The van der Waals surface area contributed by atoms with Crippen molar-refractivity contribution in [1.29, 1.82) is 0 Å². The number of rotatable bonds is 2. The number of aromatic nitrogens is 1. The Hall–Kier alpha value is -1.56. The highest BCUT2D eigenvalue weighted by Crippen LogP contribution is 2.38. The molecule has 0 fully saturated rings. The first-order chi connectivity index (χ1) is 9.04. The van der Waals surface area contributed by atoms with Gasteiger partial charge in [0.25, 0.3) is 0 Å². The summed E-state index contributed by atoms with van der Waals surface area (Å²) in [7, 11) is 0. The quantitative estimate of drug-likeness (QED) is 0.891. The third-order valence-electron chi connectivity index (χ3n) is 3.28. The molecular weight excluding hydrogens is 273 g/mol. The Balaban J connectivity index is 1.85. The minimum Gasteiger partial charge on any atom is -0.355 e. The lowest BCUT2D eigenvalue weighted by Crippen LogP contribution is -2.08. The number of anilines is 1. The highest BCUT2D eigenvalue weighted by molar-refractivity contribution is 7.13. The first kappa shape index (κ1) is 12.5. The molecule has 1 N–H and O–H groups in total.